The Labute approximate surface area is 149 Å². The summed E-state index contributed by atoms with van der Waals surface area (Å²) in [5.41, 5.74) is -2.81. The van der Waals surface area contributed by atoms with Gasteiger partial charge < -0.3 is 0 Å². The highest BCUT2D eigenvalue weighted by molar-refractivity contribution is 5.33. The number of allylic oxidation sites excluding steroid dienone is 1. The van der Waals surface area contributed by atoms with Crippen LogP contribution in [0, 0.1) is 17.3 Å². The van der Waals surface area contributed by atoms with Crippen LogP contribution in [-0.4, -0.2) is 18.5 Å². The maximum atomic E-state index is 12.8. The second-order valence-electron chi connectivity index (χ2n) is 7.03. The van der Waals surface area contributed by atoms with Crippen LogP contribution in [0.4, 0.5) is 26.3 Å². The Hall–Kier alpha value is -1.94. The van der Waals surface area contributed by atoms with Gasteiger partial charge in [0, 0.05) is 18.5 Å². The maximum absolute atomic E-state index is 12.8. The molecule has 1 nitrogen and oxygen atoms in total. The average molecular weight is 377 g/mol. The van der Waals surface area contributed by atoms with Gasteiger partial charge in [-0.1, -0.05) is 17.9 Å². The van der Waals surface area contributed by atoms with Gasteiger partial charge in [0.05, 0.1) is 11.1 Å². The monoisotopic (exact) mass is 377 g/mol. The van der Waals surface area contributed by atoms with Gasteiger partial charge in [-0.2, -0.15) is 26.3 Å². The molecular weight excluding hydrogens is 356 g/mol. The maximum Gasteiger partial charge on any atom is 0.416 e. The lowest BCUT2D eigenvalue weighted by Crippen LogP contribution is -2.19. The van der Waals surface area contributed by atoms with Crippen molar-refractivity contribution in [3.63, 3.8) is 0 Å². The molecule has 0 aliphatic carbocycles. The fourth-order valence-corrected chi connectivity index (χ4v) is 2.04. The predicted molar refractivity (Wildman–Crippen MR) is 89.2 cm³/mol. The van der Waals surface area contributed by atoms with Crippen molar-refractivity contribution >= 4 is 0 Å². The minimum atomic E-state index is -4.84. The highest BCUT2D eigenvalue weighted by Gasteiger charge is 2.36. The Kier molecular flexibility index (Phi) is 6.95. The third-order valence-electron chi connectivity index (χ3n) is 3.17. The van der Waals surface area contributed by atoms with Gasteiger partial charge >= 0.3 is 12.4 Å². The summed E-state index contributed by atoms with van der Waals surface area (Å²) in [6, 6.07) is 1.62. The van der Waals surface area contributed by atoms with Crippen LogP contribution >= 0.6 is 0 Å². The zero-order chi connectivity index (χ0) is 20.2. The average Bonchev–Trinajstić information content (AvgIpc) is 2.43. The lowest BCUT2D eigenvalue weighted by molar-refractivity contribution is -0.143. The van der Waals surface area contributed by atoms with Crippen LogP contribution in [0.25, 0.3) is 0 Å². The largest absolute Gasteiger partial charge is 0.416 e. The fourth-order valence-electron chi connectivity index (χ4n) is 2.04. The van der Waals surface area contributed by atoms with Crippen LogP contribution in [0.5, 0.6) is 0 Å². The molecule has 0 N–H and O–H groups in total. The van der Waals surface area contributed by atoms with E-state index in [1.165, 1.54) is 0 Å². The molecule has 1 rings (SSSR count). The number of benzene rings is 1. The molecule has 0 unspecified atom stereocenters. The van der Waals surface area contributed by atoms with Crippen molar-refractivity contribution in [3.05, 3.63) is 47.0 Å². The summed E-state index contributed by atoms with van der Waals surface area (Å²) < 4.78 is 77.1. The predicted octanol–water partition coefficient (Wildman–Crippen LogP) is 5.76. The minimum absolute atomic E-state index is 0.0515. The molecule has 0 heterocycles. The van der Waals surface area contributed by atoms with Crippen molar-refractivity contribution in [2.45, 2.75) is 39.7 Å². The van der Waals surface area contributed by atoms with Crippen molar-refractivity contribution in [1.82, 2.24) is 4.90 Å². The number of likely N-dealkylation sites (N-methyl/N-ethyl adjacent to an activating group) is 1. The highest BCUT2D eigenvalue weighted by Crippen LogP contribution is 2.36. The number of rotatable bonds is 4. The van der Waals surface area contributed by atoms with Crippen molar-refractivity contribution in [3.8, 4) is 11.8 Å². The van der Waals surface area contributed by atoms with Crippen LogP contribution < -0.4 is 0 Å². The van der Waals surface area contributed by atoms with E-state index >= 15 is 0 Å². The van der Waals surface area contributed by atoms with Crippen LogP contribution in [0.2, 0.25) is 0 Å². The zero-order valence-corrected chi connectivity index (χ0v) is 15.0. The first-order chi connectivity index (χ1) is 11.7. The third kappa shape index (κ3) is 7.96. The Bertz CT molecular complexity index is 664. The number of halogens is 6. The summed E-state index contributed by atoms with van der Waals surface area (Å²) in [5.74, 6) is 5.84. The van der Waals surface area contributed by atoms with Crippen LogP contribution in [0.3, 0.4) is 0 Å². The molecule has 0 aromatic heterocycles. The van der Waals surface area contributed by atoms with E-state index in [9.17, 15) is 26.3 Å². The number of hydrogen-bond donors (Lipinski definition) is 0. The molecule has 0 fully saturated rings. The lowest BCUT2D eigenvalue weighted by Gasteiger charge is -2.18. The molecule has 7 heteroatoms. The first kappa shape index (κ1) is 22.1. The van der Waals surface area contributed by atoms with Gasteiger partial charge in [-0.05, 0) is 57.7 Å². The van der Waals surface area contributed by atoms with Gasteiger partial charge in [-0.15, -0.1) is 0 Å². The van der Waals surface area contributed by atoms with E-state index in [2.05, 4.69) is 11.8 Å². The molecular formula is C19H21F6N. The van der Waals surface area contributed by atoms with Gasteiger partial charge in [0.15, 0.2) is 0 Å². The van der Waals surface area contributed by atoms with Gasteiger partial charge in [0.1, 0.15) is 0 Å². The van der Waals surface area contributed by atoms with Crippen LogP contribution in [0.15, 0.2) is 30.4 Å². The van der Waals surface area contributed by atoms with Crippen molar-refractivity contribution in [2.75, 3.05) is 13.6 Å². The molecule has 0 aliphatic rings. The second-order valence-corrected chi connectivity index (χ2v) is 7.03. The molecule has 0 amide bonds. The molecule has 144 valence electrons. The van der Waals surface area contributed by atoms with Crippen molar-refractivity contribution < 1.29 is 26.3 Å². The summed E-state index contributed by atoms with van der Waals surface area (Å²) in [7, 11) is 1.61. The van der Waals surface area contributed by atoms with Gasteiger partial charge in [0.25, 0.3) is 0 Å². The van der Waals surface area contributed by atoms with Crippen molar-refractivity contribution in [1.29, 1.82) is 0 Å². The van der Waals surface area contributed by atoms with Gasteiger partial charge in [0.2, 0.25) is 0 Å². The SMILES string of the molecule is CN(C/C=C/C#CC(C)(C)C)Cc1cc(C(F)(F)F)cc(C(F)(F)F)c1. The lowest BCUT2D eigenvalue weighted by atomic mass is 9.98. The summed E-state index contributed by atoms with van der Waals surface area (Å²) in [4.78, 5) is 1.60. The summed E-state index contributed by atoms with van der Waals surface area (Å²) in [6.07, 6.45) is -6.35. The van der Waals surface area contributed by atoms with Gasteiger partial charge in [-0.3, -0.25) is 4.90 Å². The highest BCUT2D eigenvalue weighted by atomic mass is 19.4. The van der Waals surface area contributed by atoms with E-state index < -0.39 is 23.5 Å². The van der Waals surface area contributed by atoms with E-state index in [4.69, 9.17) is 0 Å². The zero-order valence-electron chi connectivity index (χ0n) is 15.0. The minimum Gasteiger partial charge on any atom is -0.298 e. The van der Waals surface area contributed by atoms with E-state index in [-0.39, 0.29) is 23.6 Å². The molecule has 1 aromatic rings. The molecule has 0 aliphatic heterocycles. The smallest absolute Gasteiger partial charge is 0.298 e. The van der Waals surface area contributed by atoms with E-state index in [1.807, 2.05) is 20.8 Å². The summed E-state index contributed by atoms with van der Waals surface area (Å²) >= 11 is 0. The molecule has 26 heavy (non-hydrogen) atoms. The Morgan fingerprint density at radius 1 is 0.923 bits per heavy atom. The fraction of sp³-hybridized carbons (Fsp3) is 0.474. The topological polar surface area (TPSA) is 3.24 Å². The second kappa shape index (κ2) is 8.17. The first-order valence-electron chi connectivity index (χ1n) is 7.83. The molecule has 0 saturated heterocycles. The normalized spacial score (nSPS) is 13.2. The van der Waals surface area contributed by atoms with Crippen LogP contribution in [0.1, 0.15) is 37.5 Å². The third-order valence-corrected chi connectivity index (χ3v) is 3.17. The Balaban J connectivity index is 2.91. The molecule has 0 bridgehead atoms. The van der Waals surface area contributed by atoms with Crippen molar-refractivity contribution in [2.24, 2.45) is 5.41 Å². The molecule has 0 atom stereocenters. The quantitative estimate of drug-likeness (QED) is 0.476. The first-order valence-corrected chi connectivity index (χ1v) is 7.83. The molecule has 0 radical (unpaired) electrons. The number of alkyl halides is 6. The van der Waals surface area contributed by atoms with Gasteiger partial charge in [-0.25, -0.2) is 0 Å². The van der Waals surface area contributed by atoms with Crippen LogP contribution in [-0.2, 0) is 18.9 Å². The summed E-state index contributed by atoms with van der Waals surface area (Å²) in [5, 5.41) is 0. The standard InChI is InChI=1S/C19H21F6N/c1-17(2,3)8-6-5-7-9-26(4)13-14-10-15(18(20,21)22)12-16(11-14)19(23,24)25/h5,7,10-12H,9,13H2,1-4H3/b7-5+. The number of hydrogen-bond acceptors (Lipinski definition) is 1. The van der Waals surface area contributed by atoms with E-state index in [1.54, 1.807) is 24.1 Å². The Morgan fingerprint density at radius 3 is 1.85 bits per heavy atom. The number of nitrogens with zero attached hydrogens (tertiary/aromatic N) is 1. The van der Waals surface area contributed by atoms with E-state index in [0.717, 1.165) is 12.1 Å². The molecule has 1 aromatic carbocycles. The Morgan fingerprint density at radius 2 is 1.42 bits per heavy atom. The van der Waals surface area contributed by atoms with E-state index in [0.29, 0.717) is 6.54 Å². The molecule has 0 spiro atoms. The molecule has 0 saturated carbocycles. The summed E-state index contributed by atoms with van der Waals surface area (Å²) in [6.45, 7) is 6.14.